The first kappa shape index (κ1) is 25.8. The smallest absolute Gasteiger partial charge is 0.265 e. The maximum absolute atomic E-state index is 13.5. The topological polar surface area (TPSA) is 49.4 Å². The number of benzene rings is 4. The quantitative estimate of drug-likeness (QED) is 0.253. The minimum absolute atomic E-state index is 0.123. The Morgan fingerprint density at radius 3 is 2.32 bits per heavy atom. The van der Waals surface area contributed by atoms with Gasteiger partial charge in [-0.1, -0.05) is 71.9 Å². The van der Waals surface area contributed by atoms with Crippen molar-refractivity contribution in [3.63, 3.8) is 0 Å². The van der Waals surface area contributed by atoms with Gasteiger partial charge in [0.15, 0.2) is 0 Å². The summed E-state index contributed by atoms with van der Waals surface area (Å²) in [5.74, 6) is -0.586. The van der Waals surface area contributed by atoms with Crippen LogP contribution in [0.2, 0.25) is 5.02 Å². The van der Waals surface area contributed by atoms with Crippen LogP contribution in [0.25, 0.3) is 6.08 Å². The molecule has 0 fully saturated rings. The van der Waals surface area contributed by atoms with Crippen molar-refractivity contribution in [2.24, 2.45) is 0 Å². The number of anilines is 1. The molecular formula is C31H24ClFN2O2S. The standard InChI is InChI=1S/C31H24ClFN2O2S/c32-25-13-7-21(8-14-25)17-18-34-30(36)24-11-5-22(6-12-24)19-29-31(37)35(20-23-9-15-26(33)16-10-23)27-3-1-2-4-28(27)38-29/h1-16,19H,17-18,20H2,(H,34,36). The van der Waals surface area contributed by atoms with Crippen LogP contribution in [-0.2, 0) is 17.8 Å². The van der Waals surface area contributed by atoms with Crippen molar-refractivity contribution in [3.05, 3.63) is 135 Å². The Hall–Kier alpha value is -3.87. The maximum Gasteiger partial charge on any atom is 0.265 e. The van der Waals surface area contributed by atoms with Crippen LogP contribution in [0.1, 0.15) is 27.0 Å². The molecule has 4 aromatic rings. The fourth-order valence-electron chi connectivity index (χ4n) is 4.15. The second-order valence-electron chi connectivity index (χ2n) is 8.85. The molecule has 0 saturated heterocycles. The monoisotopic (exact) mass is 542 g/mol. The highest BCUT2D eigenvalue weighted by Gasteiger charge is 2.29. The van der Waals surface area contributed by atoms with Crippen LogP contribution in [0.4, 0.5) is 10.1 Å². The van der Waals surface area contributed by atoms with Gasteiger partial charge in [-0.05, 0) is 77.7 Å². The molecule has 4 nitrogen and oxygen atoms in total. The summed E-state index contributed by atoms with van der Waals surface area (Å²) in [7, 11) is 0. The zero-order chi connectivity index (χ0) is 26.5. The Balaban J connectivity index is 1.28. The maximum atomic E-state index is 13.5. The number of hydrogen-bond donors (Lipinski definition) is 1. The highest BCUT2D eigenvalue weighted by Crippen LogP contribution is 2.42. The summed E-state index contributed by atoms with van der Waals surface area (Å²) in [5, 5.41) is 3.62. The lowest BCUT2D eigenvalue weighted by atomic mass is 10.1. The summed E-state index contributed by atoms with van der Waals surface area (Å²) in [4.78, 5) is 29.3. The molecule has 38 heavy (non-hydrogen) atoms. The van der Waals surface area contributed by atoms with E-state index in [1.165, 1.54) is 23.9 Å². The molecule has 0 saturated carbocycles. The zero-order valence-corrected chi connectivity index (χ0v) is 21.9. The number of amides is 2. The third-order valence-electron chi connectivity index (χ3n) is 6.17. The van der Waals surface area contributed by atoms with Gasteiger partial charge in [0.25, 0.3) is 11.8 Å². The highest BCUT2D eigenvalue weighted by atomic mass is 35.5. The van der Waals surface area contributed by atoms with E-state index >= 15 is 0 Å². The lowest BCUT2D eigenvalue weighted by Gasteiger charge is -2.30. The second kappa shape index (κ2) is 11.7. The lowest BCUT2D eigenvalue weighted by Crippen LogP contribution is -2.33. The summed E-state index contributed by atoms with van der Waals surface area (Å²) in [5.41, 5.74) is 4.14. The minimum atomic E-state index is -0.311. The van der Waals surface area contributed by atoms with Crippen molar-refractivity contribution in [2.45, 2.75) is 17.9 Å². The van der Waals surface area contributed by atoms with Crippen molar-refractivity contribution < 1.29 is 14.0 Å². The summed E-state index contributed by atoms with van der Waals surface area (Å²) >= 11 is 7.34. The lowest BCUT2D eigenvalue weighted by molar-refractivity contribution is -0.114. The molecule has 0 atom stereocenters. The molecule has 1 N–H and O–H groups in total. The van der Waals surface area contributed by atoms with E-state index < -0.39 is 0 Å². The highest BCUT2D eigenvalue weighted by molar-refractivity contribution is 8.04. The van der Waals surface area contributed by atoms with Crippen LogP contribution in [-0.4, -0.2) is 18.4 Å². The van der Waals surface area contributed by atoms with Gasteiger partial charge in [0.2, 0.25) is 0 Å². The summed E-state index contributed by atoms with van der Waals surface area (Å²) in [6, 6.07) is 28.7. The average Bonchev–Trinajstić information content (AvgIpc) is 2.93. The van der Waals surface area contributed by atoms with Gasteiger partial charge in [-0.25, -0.2) is 4.39 Å². The summed E-state index contributed by atoms with van der Waals surface area (Å²) in [6.45, 7) is 0.851. The molecule has 4 aromatic carbocycles. The third kappa shape index (κ3) is 6.15. The first-order valence-electron chi connectivity index (χ1n) is 12.1. The molecule has 0 radical (unpaired) electrons. The zero-order valence-electron chi connectivity index (χ0n) is 20.4. The number of para-hydroxylation sites is 1. The van der Waals surface area contributed by atoms with Gasteiger partial charge in [0.05, 0.1) is 17.1 Å². The number of halogens is 2. The molecule has 0 bridgehead atoms. The average molecular weight is 543 g/mol. The predicted octanol–water partition coefficient (Wildman–Crippen LogP) is 7.13. The molecule has 1 heterocycles. The number of nitrogens with zero attached hydrogens (tertiary/aromatic N) is 1. The van der Waals surface area contributed by atoms with E-state index in [9.17, 15) is 14.0 Å². The molecule has 0 unspecified atom stereocenters. The molecule has 1 aliphatic heterocycles. The molecule has 0 aliphatic carbocycles. The van der Waals surface area contributed by atoms with Gasteiger partial charge >= 0.3 is 0 Å². The summed E-state index contributed by atoms with van der Waals surface area (Å²) in [6.07, 6.45) is 2.55. The van der Waals surface area contributed by atoms with Crippen LogP contribution >= 0.6 is 23.4 Å². The van der Waals surface area contributed by atoms with E-state index in [1.807, 2.05) is 66.7 Å². The van der Waals surface area contributed by atoms with Gasteiger partial charge in [-0.15, -0.1) is 0 Å². The van der Waals surface area contributed by atoms with Crippen LogP contribution < -0.4 is 10.2 Å². The van der Waals surface area contributed by atoms with E-state index in [-0.39, 0.29) is 17.6 Å². The van der Waals surface area contributed by atoms with Gasteiger partial charge in [0.1, 0.15) is 5.82 Å². The molecule has 7 heteroatoms. The van der Waals surface area contributed by atoms with E-state index in [1.54, 1.807) is 29.2 Å². The number of rotatable bonds is 7. The van der Waals surface area contributed by atoms with Crippen molar-refractivity contribution in [1.29, 1.82) is 0 Å². The van der Waals surface area contributed by atoms with Gasteiger partial charge in [0, 0.05) is 22.0 Å². The number of thioether (sulfide) groups is 1. The molecule has 0 spiro atoms. The number of carbonyl (C=O) groups excluding carboxylic acids is 2. The van der Waals surface area contributed by atoms with Crippen LogP contribution in [0, 0.1) is 5.82 Å². The van der Waals surface area contributed by atoms with Crippen LogP contribution in [0.3, 0.4) is 0 Å². The second-order valence-corrected chi connectivity index (χ2v) is 10.4. The summed E-state index contributed by atoms with van der Waals surface area (Å²) < 4.78 is 13.4. The fraction of sp³-hybridized carbons (Fsp3) is 0.0968. The molecule has 5 rings (SSSR count). The Morgan fingerprint density at radius 1 is 0.895 bits per heavy atom. The van der Waals surface area contributed by atoms with Crippen molar-refractivity contribution >= 4 is 46.9 Å². The molecule has 0 aromatic heterocycles. The Labute approximate surface area is 230 Å². The predicted molar refractivity (Wildman–Crippen MR) is 152 cm³/mol. The SMILES string of the molecule is O=C(NCCc1ccc(Cl)cc1)c1ccc(C=C2Sc3ccccc3N(Cc3ccc(F)cc3)C2=O)cc1. The minimum Gasteiger partial charge on any atom is -0.352 e. The van der Waals surface area contributed by atoms with Crippen LogP contribution in [0.5, 0.6) is 0 Å². The van der Waals surface area contributed by atoms with Gasteiger partial charge in [-0.3, -0.25) is 9.59 Å². The van der Waals surface area contributed by atoms with Crippen molar-refractivity contribution in [1.82, 2.24) is 5.32 Å². The number of carbonyl (C=O) groups is 2. The Kier molecular flexibility index (Phi) is 7.91. The fourth-order valence-corrected chi connectivity index (χ4v) is 5.33. The number of nitrogens with one attached hydrogen (secondary N) is 1. The van der Waals surface area contributed by atoms with E-state index in [4.69, 9.17) is 11.6 Å². The first-order chi connectivity index (χ1) is 18.5. The van der Waals surface area contributed by atoms with E-state index in [0.717, 1.165) is 27.3 Å². The first-order valence-corrected chi connectivity index (χ1v) is 13.3. The van der Waals surface area contributed by atoms with E-state index in [0.29, 0.717) is 35.0 Å². The molecular weight excluding hydrogens is 519 g/mol. The normalized spacial score (nSPS) is 13.9. The molecule has 190 valence electrons. The van der Waals surface area contributed by atoms with Gasteiger partial charge in [-0.2, -0.15) is 0 Å². The Bertz CT molecular complexity index is 1490. The molecule has 1 aliphatic rings. The Morgan fingerprint density at radius 2 is 1.58 bits per heavy atom. The largest absolute Gasteiger partial charge is 0.352 e. The van der Waals surface area contributed by atoms with Crippen LogP contribution in [0.15, 0.2) is 107 Å². The van der Waals surface area contributed by atoms with E-state index in [2.05, 4.69) is 5.32 Å². The van der Waals surface area contributed by atoms with Gasteiger partial charge < -0.3 is 10.2 Å². The number of fused-ring (bicyclic) bond motifs is 1. The number of hydrogen-bond acceptors (Lipinski definition) is 3. The third-order valence-corrected chi connectivity index (χ3v) is 7.50. The van der Waals surface area contributed by atoms with Crippen molar-refractivity contribution in [3.8, 4) is 0 Å². The van der Waals surface area contributed by atoms with Crippen molar-refractivity contribution in [2.75, 3.05) is 11.4 Å². The molecule has 2 amide bonds.